The lowest BCUT2D eigenvalue weighted by Crippen LogP contribution is -2.39. The first-order valence-corrected chi connectivity index (χ1v) is 11.3. The molecular formula is C22H30N4O2S. The van der Waals surface area contributed by atoms with Crippen LogP contribution in [0.25, 0.3) is 0 Å². The van der Waals surface area contributed by atoms with Crippen molar-refractivity contribution < 1.29 is 8.42 Å². The zero-order chi connectivity index (χ0) is 20.9. The highest BCUT2D eigenvalue weighted by atomic mass is 32.2. The molecule has 2 aromatic carbocycles. The smallest absolute Gasteiger partial charge is 0.242 e. The number of aliphatic imine (C=N–C) groups is 1. The number of rotatable bonds is 6. The van der Waals surface area contributed by atoms with Crippen LogP contribution in [-0.4, -0.2) is 57.8 Å². The fourth-order valence-corrected chi connectivity index (χ4v) is 4.54. The van der Waals surface area contributed by atoms with Gasteiger partial charge < -0.3 is 10.2 Å². The summed E-state index contributed by atoms with van der Waals surface area (Å²) in [5.74, 6) is 1.53. The summed E-state index contributed by atoms with van der Waals surface area (Å²) in [5.41, 5.74) is 2.40. The summed E-state index contributed by atoms with van der Waals surface area (Å²) in [6, 6.07) is 17.6. The maximum absolute atomic E-state index is 12.2. The molecule has 0 spiro atoms. The summed E-state index contributed by atoms with van der Waals surface area (Å²) in [7, 11) is 1.49. The van der Waals surface area contributed by atoms with E-state index in [1.54, 1.807) is 19.2 Å². The second-order valence-corrected chi connectivity index (χ2v) is 9.77. The van der Waals surface area contributed by atoms with Crippen LogP contribution in [0.4, 0.5) is 0 Å². The van der Waals surface area contributed by atoms with E-state index in [0.29, 0.717) is 17.4 Å². The van der Waals surface area contributed by atoms with Crippen molar-refractivity contribution in [2.24, 2.45) is 10.9 Å². The summed E-state index contributed by atoms with van der Waals surface area (Å²) in [5, 5.41) is 3.41. The summed E-state index contributed by atoms with van der Waals surface area (Å²) < 4.78 is 25.6. The number of hydrogen-bond acceptors (Lipinski definition) is 3. The maximum atomic E-state index is 12.2. The Bertz CT molecular complexity index is 925. The monoisotopic (exact) mass is 414 g/mol. The third-order valence-electron chi connectivity index (χ3n) is 5.32. The Labute approximate surface area is 174 Å². The Hall–Kier alpha value is -2.38. The van der Waals surface area contributed by atoms with Gasteiger partial charge in [-0.05, 0) is 42.0 Å². The lowest BCUT2D eigenvalue weighted by atomic mass is 9.99. The van der Waals surface area contributed by atoms with Gasteiger partial charge in [-0.3, -0.25) is 4.99 Å². The molecule has 0 amide bonds. The lowest BCUT2D eigenvalue weighted by Gasteiger charge is -2.22. The molecule has 2 aromatic rings. The number of nitrogens with one attached hydrogen (secondary N) is 1. The molecule has 0 saturated carbocycles. The van der Waals surface area contributed by atoms with Gasteiger partial charge in [-0.15, -0.1) is 0 Å². The Morgan fingerprint density at radius 2 is 1.79 bits per heavy atom. The van der Waals surface area contributed by atoms with Gasteiger partial charge in [0, 0.05) is 40.8 Å². The largest absolute Gasteiger partial charge is 0.352 e. The van der Waals surface area contributed by atoms with Crippen molar-refractivity contribution in [3.63, 3.8) is 0 Å². The zero-order valence-corrected chi connectivity index (χ0v) is 18.2. The molecule has 7 heteroatoms. The molecule has 1 unspecified atom stereocenters. The van der Waals surface area contributed by atoms with Crippen molar-refractivity contribution in [2.45, 2.75) is 24.3 Å². The molecule has 6 nitrogen and oxygen atoms in total. The number of sulfonamides is 1. The molecule has 156 valence electrons. The van der Waals surface area contributed by atoms with Crippen LogP contribution < -0.4 is 5.32 Å². The van der Waals surface area contributed by atoms with Crippen molar-refractivity contribution in [3.05, 3.63) is 65.7 Å². The van der Waals surface area contributed by atoms with Gasteiger partial charge in [-0.25, -0.2) is 12.7 Å². The fourth-order valence-electron chi connectivity index (χ4n) is 3.64. The molecule has 0 aliphatic carbocycles. The highest BCUT2D eigenvalue weighted by Gasteiger charge is 2.25. The normalized spacial score (nSPS) is 17.7. The fraction of sp³-hybridized carbons (Fsp3) is 0.409. The number of likely N-dealkylation sites (tertiary alicyclic amines) is 1. The minimum atomic E-state index is -3.39. The van der Waals surface area contributed by atoms with Gasteiger partial charge in [0.05, 0.1) is 4.90 Å². The quantitative estimate of drug-likeness (QED) is 0.583. The average Bonchev–Trinajstić information content (AvgIpc) is 3.17. The van der Waals surface area contributed by atoms with E-state index in [4.69, 9.17) is 0 Å². The van der Waals surface area contributed by atoms with E-state index in [1.165, 1.54) is 24.0 Å². The van der Waals surface area contributed by atoms with Crippen molar-refractivity contribution >= 4 is 16.0 Å². The van der Waals surface area contributed by atoms with Gasteiger partial charge in [-0.1, -0.05) is 42.5 Å². The first-order chi connectivity index (χ1) is 13.9. The predicted molar refractivity (Wildman–Crippen MR) is 117 cm³/mol. The van der Waals surface area contributed by atoms with E-state index in [1.807, 2.05) is 12.1 Å². The van der Waals surface area contributed by atoms with E-state index in [9.17, 15) is 8.42 Å². The molecule has 29 heavy (non-hydrogen) atoms. The molecule has 1 fully saturated rings. The zero-order valence-electron chi connectivity index (χ0n) is 17.4. The highest BCUT2D eigenvalue weighted by Crippen LogP contribution is 2.21. The number of hydrogen-bond donors (Lipinski definition) is 1. The Kier molecular flexibility index (Phi) is 6.92. The van der Waals surface area contributed by atoms with E-state index < -0.39 is 10.0 Å². The van der Waals surface area contributed by atoms with Crippen LogP contribution in [-0.2, 0) is 23.0 Å². The van der Waals surface area contributed by atoms with Crippen LogP contribution in [0, 0.1) is 5.92 Å². The van der Waals surface area contributed by atoms with Gasteiger partial charge in [-0.2, -0.15) is 0 Å². The minimum Gasteiger partial charge on any atom is -0.352 e. The summed E-state index contributed by atoms with van der Waals surface area (Å²) in [4.78, 5) is 7.04. The van der Waals surface area contributed by atoms with E-state index in [2.05, 4.69) is 45.5 Å². The molecule has 0 radical (unpaired) electrons. The molecular weight excluding hydrogens is 384 g/mol. The van der Waals surface area contributed by atoms with Crippen LogP contribution in [0.15, 0.2) is 64.5 Å². The first kappa shape index (κ1) is 21.3. The summed E-state index contributed by atoms with van der Waals surface area (Å²) >= 11 is 0. The summed E-state index contributed by atoms with van der Waals surface area (Å²) in [6.07, 6.45) is 2.25. The van der Waals surface area contributed by atoms with E-state index >= 15 is 0 Å². The Morgan fingerprint density at radius 1 is 1.10 bits per heavy atom. The van der Waals surface area contributed by atoms with Crippen LogP contribution in [0.1, 0.15) is 17.5 Å². The van der Waals surface area contributed by atoms with Gasteiger partial charge in [0.2, 0.25) is 10.0 Å². The third-order valence-corrected chi connectivity index (χ3v) is 7.15. The molecule has 1 atom stereocenters. The highest BCUT2D eigenvalue weighted by molar-refractivity contribution is 7.89. The van der Waals surface area contributed by atoms with Gasteiger partial charge >= 0.3 is 0 Å². The van der Waals surface area contributed by atoms with Crippen LogP contribution in [0.3, 0.4) is 0 Å². The number of benzene rings is 2. The maximum Gasteiger partial charge on any atom is 0.242 e. The molecule has 0 aromatic heterocycles. The van der Waals surface area contributed by atoms with Crippen molar-refractivity contribution in [1.82, 2.24) is 14.5 Å². The van der Waals surface area contributed by atoms with Crippen LogP contribution in [0.2, 0.25) is 0 Å². The SMILES string of the molecule is CN=C(NCc1ccc(S(=O)(=O)N(C)C)cc1)N1CCC(Cc2ccccc2)C1. The van der Waals surface area contributed by atoms with Gasteiger partial charge in [0.25, 0.3) is 0 Å². The van der Waals surface area contributed by atoms with E-state index in [0.717, 1.165) is 37.5 Å². The van der Waals surface area contributed by atoms with Crippen molar-refractivity contribution in [2.75, 3.05) is 34.2 Å². The predicted octanol–water partition coefficient (Wildman–Crippen LogP) is 2.58. The lowest BCUT2D eigenvalue weighted by molar-refractivity contribution is 0.460. The number of guanidine groups is 1. The molecule has 1 saturated heterocycles. The van der Waals surface area contributed by atoms with Crippen molar-refractivity contribution in [3.8, 4) is 0 Å². The average molecular weight is 415 g/mol. The van der Waals surface area contributed by atoms with Crippen molar-refractivity contribution in [1.29, 1.82) is 0 Å². The standard InChI is InChI=1S/C22H30N4O2S/c1-23-22(26-14-13-20(17-26)15-18-7-5-4-6-8-18)24-16-19-9-11-21(12-10-19)29(27,28)25(2)3/h4-12,20H,13-17H2,1-3H3,(H,23,24). The minimum absolute atomic E-state index is 0.305. The first-order valence-electron chi connectivity index (χ1n) is 9.91. The molecule has 3 rings (SSSR count). The summed E-state index contributed by atoms with van der Waals surface area (Å²) in [6.45, 7) is 2.60. The van der Waals surface area contributed by atoms with Gasteiger partial charge in [0.1, 0.15) is 0 Å². The number of nitrogens with zero attached hydrogens (tertiary/aromatic N) is 3. The molecule has 1 heterocycles. The third kappa shape index (κ3) is 5.36. The van der Waals surface area contributed by atoms with E-state index in [-0.39, 0.29) is 0 Å². The van der Waals surface area contributed by atoms with Crippen LogP contribution in [0.5, 0.6) is 0 Å². The molecule has 1 N–H and O–H groups in total. The van der Waals surface area contributed by atoms with Gasteiger partial charge in [0.15, 0.2) is 5.96 Å². The van der Waals surface area contributed by atoms with Crippen LogP contribution >= 0.6 is 0 Å². The molecule has 0 bridgehead atoms. The second kappa shape index (κ2) is 9.41. The topological polar surface area (TPSA) is 65.0 Å². The Morgan fingerprint density at radius 3 is 2.41 bits per heavy atom. The Balaban J connectivity index is 1.54. The second-order valence-electron chi connectivity index (χ2n) is 7.62. The molecule has 1 aliphatic rings. The molecule has 1 aliphatic heterocycles.